The molecule has 124 valence electrons. The van der Waals surface area contributed by atoms with Gasteiger partial charge in [0.05, 0.1) is 5.41 Å². The Labute approximate surface area is 129 Å². The summed E-state index contributed by atoms with van der Waals surface area (Å²) in [5.74, 6) is 0.114. The van der Waals surface area contributed by atoms with Gasteiger partial charge in [-0.2, -0.15) is 0 Å². The maximum Gasteiger partial charge on any atom is 0.227 e. The van der Waals surface area contributed by atoms with E-state index in [1.165, 1.54) is 0 Å². The number of hydrogen-bond donors (Lipinski definition) is 2. The molecule has 21 heavy (non-hydrogen) atoms. The highest BCUT2D eigenvalue weighted by atomic mass is 16.5. The number of nitrogens with zero attached hydrogens (tertiary/aromatic N) is 1. The zero-order chi connectivity index (χ0) is 15.7. The van der Waals surface area contributed by atoms with E-state index in [1.54, 1.807) is 0 Å². The van der Waals surface area contributed by atoms with Crippen molar-refractivity contribution in [2.45, 2.75) is 52.5 Å². The van der Waals surface area contributed by atoms with Crippen molar-refractivity contribution in [2.75, 3.05) is 39.4 Å². The smallest absolute Gasteiger partial charge is 0.227 e. The van der Waals surface area contributed by atoms with Gasteiger partial charge < -0.3 is 20.7 Å². The second kappa shape index (κ2) is 9.38. The van der Waals surface area contributed by atoms with Crippen LogP contribution in [0.15, 0.2) is 0 Å². The molecule has 0 aromatic carbocycles. The molecule has 1 atom stereocenters. The van der Waals surface area contributed by atoms with Crippen LogP contribution in [0.2, 0.25) is 0 Å². The third-order valence-corrected chi connectivity index (χ3v) is 4.71. The summed E-state index contributed by atoms with van der Waals surface area (Å²) in [4.78, 5) is 14.9. The number of ether oxygens (including phenoxy) is 1. The molecular weight excluding hydrogens is 266 g/mol. The van der Waals surface area contributed by atoms with Crippen molar-refractivity contribution in [1.82, 2.24) is 10.2 Å². The Balaban J connectivity index is 2.35. The third-order valence-electron chi connectivity index (χ3n) is 4.71. The fourth-order valence-corrected chi connectivity index (χ4v) is 2.90. The second-order valence-corrected chi connectivity index (χ2v) is 6.14. The molecule has 1 aliphatic heterocycles. The van der Waals surface area contributed by atoms with Gasteiger partial charge in [0.1, 0.15) is 0 Å². The number of carbonyl (C=O) groups is 1. The summed E-state index contributed by atoms with van der Waals surface area (Å²) in [5, 5.41) is 3.16. The van der Waals surface area contributed by atoms with Gasteiger partial charge in [0.15, 0.2) is 0 Å². The van der Waals surface area contributed by atoms with Gasteiger partial charge in [-0.25, -0.2) is 0 Å². The Morgan fingerprint density at radius 2 is 1.95 bits per heavy atom. The van der Waals surface area contributed by atoms with Crippen LogP contribution < -0.4 is 11.1 Å². The van der Waals surface area contributed by atoms with Gasteiger partial charge in [-0.3, -0.25) is 4.79 Å². The van der Waals surface area contributed by atoms with E-state index in [4.69, 9.17) is 10.5 Å². The van der Waals surface area contributed by atoms with E-state index >= 15 is 0 Å². The quantitative estimate of drug-likeness (QED) is 0.675. The minimum Gasteiger partial charge on any atom is -0.381 e. The lowest BCUT2D eigenvalue weighted by Crippen LogP contribution is -2.51. The minimum absolute atomic E-state index is 0.114. The molecular formula is C16H33N3O2. The number of nitrogens with two attached hydrogens (primary N) is 1. The summed E-state index contributed by atoms with van der Waals surface area (Å²) in [6, 6.07) is 0.208. The lowest BCUT2D eigenvalue weighted by Gasteiger charge is -2.35. The van der Waals surface area contributed by atoms with E-state index in [9.17, 15) is 4.79 Å². The van der Waals surface area contributed by atoms with Crippen LogP contribution in [-0.4, -0.2) is 56.2 Å². The summed E-state index contributed by atoms with van der Waals surface area (Å²) in [5.41, 5.74) is 5.46. The first-order chi connectivity index (χ1) is 10.1. The van der Waals surface area contributed by atoms with Gasteiger partial charge in [0.2, 0.25) is 5.91 Å². The van der Waals surface area contributed by atoms with Crippen molar-refractivity contribution in [3.05, 3.63) is 0 Å². The van der Waals surface area contributed by atoms with Crippen molar-refractivity contribution in [3.63, 3.8) is 0 Å². The highest BCUT2D eigenvalue weighted by Gasteiger charge is 2.39. The minimum atomic E-state index is -0.411. The molecule has 0 bridgehead atoms. The maximum atomic E-state index is 12.5. The average Bonchev–Trinajstić information content (AvgIpc) is 2.52. The summed E-state index contributed by atoms with van der Waals surface area (Å²) < 4.78 is 5.36. The van der Waals surface area contributed by atoms with E-state index in [0.29, 0.717) is 19.8 Å². The van der Waals surface area contributed by atoms with Gasteiger partial charge in [0.25, 0.3) is 0 Å². The van der Waals surface area contributed by atoms with Gasteiger partial charge in [-0.1, -0.05) is 13.8 Å². The standard InChI is InChI=1S/C16H33N3O2/c1-4-19(5-2)10-6-7-14(3)18-15(20)16(13-17)8-11-21-12-9-16/h14H,4-13,17H2,1-3H3,(H,18,20). The summed E-state index contributed by atoms with van der Waals surface area (Å²) in [6.07, 6.45) is 3.60. The normalized spacial score (nSPS) is 19.5. The van der Waals surface area contributed by atoms with E-state index in [2.05, 4.69) is 31.0 Å². The van der Waals surface area contributed by atoms with Crippen LogP contribution in [0.5, 0.6) is 0 Å². The Bertz CT molecular complexity index is 300. The average molecular weight is 299 g/mol. The number of rotatable bonds is 9. The van der Waals surface area contributed by atoms with Crippen molar-refractivity contribution in [2.24, 2.45) is 11.1 Å². The molecule has 5 nitrogen and oxygen atoms in total. The molecule has 0 radical (unpaired) electrons. The zero-order valence-corrected chi connectivity index (χ0v) is 14.0. The van der Waals surface area contributed by atoms with E-state index in [-0.39, 0.29) is 11.9 Å². The van der Waals surface area contributed by atoms with Crippen LogP contribution >= 0.6 is 0 Å². The van der Waals surface area contributed by atoms with Crippen molar-refractivity contribution in [3.8, 4) is 0 Å². The van der Waals surface area contributed by atoms with Crippen LogP contribution in [0, 0.1) is 5.41 Å². The molecule has 0 aromatic heterocycles. The lowest BCUT2D eigenvalue weighted by atomic mass is 9.79. The Kier molecular flexibility index (Phi) is 8.22. The molecule has 1 saturated heterocycles. The van der Waals surface area contributed by atoms with Gasteiger partial charge in [0, 0.05) is 25.8 Å². The molecule has 0 aromatic rings. The van der Waals surface area contributed by atoms with Gasteiger partial charge in [-0.15, -0.1) is 0 Å². The molecule has 1 aliphatic rings. The topological polar surface area (TPSA) is 67.6 Å². The Morgan fingerprint density at radius 1 is 1.33 bits per heavy atom. The molecule has 1 fully saturated rings. The predicted octanol–water partition coefficient (Wildman–Crippen LogP) is 1.37. The molecule has 3 N–H and O–H groups in total. The molecule has 1 heterocycles. The fraction of sp³-hybridized carbons (Fsp3) is 0.938. The van der Waals surface area contributed by atoms with Crippen LogP contribution in [0.3, 0.4) is 0 Å². The van der Waals surface area contributed by atoms with Crippen LogP contribution in [0.4, 0.5) is 0 Å². The maximum absolute atomic E-state index is 12.5. The Morgan fingerprint density at radius 3 is 2.48 bits per heavy atom. The first-order valence-electron chi connectivity index (χ1n) is 8.39. The van der Waals surface area contributed by atoms with Gasteiger partial charge in [-0.05, 0) is 52.2 Å². The van der Waals surface area contributed by atoms with Crippen molar-refractivity contribution in [1.29, 1.82) is 0 Å². The molecule has 0 spiro atoms. The number of hydrogen-bond acceptors (Lipinski definition) is 4. The summed E-state index contributed by atoms with van der Waals surface area (Å²) in [7, 11) is 0. The predicted molar refractivity (Wildman–Crippen MR) is 86.2 cm³/mol. The van der Waals surface area contributed by atoms with Gasteiger partial charge >= 0.3 is 0 Å². The number of amides is 1. The molecule has 1 amide bonds. The van der Waals surface area contributed by atoms with Crippen LogP contribution in [0.25, 0.3) is 0 Å². The largest absolute Gasteiger partial charge is 0.381 e. The highest BCUT2D eigenvalue weighted by molar-refractivity contribution is 5.83. The van der Waals surface area contributed by atoms with E-state index < -0.39 is 5.41 Å². The number of carbonyl (C=O) groups excluding carboxylic acids is 1. The lowest BCUT2D eigenvalue weighted by molar-refractivity contribution is -0.136. The summed E-state index contributed by atoms with van der Waals surface area (Å²) >= 11 is 0. The molecule has 1 rings (SSSR count). The van der Waals surface area contributed by atoms with E-state index in [0.717, 1.165) is 45.3 Å². The monoisotopic (exact) mass is 299 g/mol. The first kappa shape index (κ1) is 18.4. The molecule has 5 heteroatoms. The molecule has 0 saturated carbocycles. The highest BCUT2D eigenvalue weighted by Crippen LogP contribution is 2.29. The number of nitrogens with one attached hydrogen (secondary N) is 1. The van der Waals surface area contributed by atoms with Crippen molar-refractivity contribution >= 4 is 5.91 Å². The Hall–Kier alpha value is -0.650. The van der Waals surface area contributed by atoms with Crippen LogP contribution in [-0.2, 0) is 9.53 Å². The first-order valence-corrected chi connectivity index (χ1v) is 8.39. The van der Waals surface area contributed by atoms with Crippen molar-refractivity contribution < 1.29 is 9.53 Å². The fourth-order valence-electron chi connectivity index (χ4n) is 2.90. The van der Waals surface area contributed by atoms with E-state index in [1.807, 2.05) is 0 Å². The third kappa shape index (κ3) is 5.57. The summed E-state index contributed by atoms with van der Waals surface area (Å²) in [6.45, 7) is 11.4. The SMILES string of the molecule is CCN(CC)CCCC(C)NC(=O)C1(CN)CCOCC1. The van der Waals surface area contributed by atoms with Crippen LogP contribution in [0.1, 0.15) is 46.5 Å². The second-order valence-electron chi connectivity index (χ2n) is 6.14. The molecule has 0 aliphatic carbocycles. The zero-order valence-electron chi connectivity index (χ0n) is 14.0. The molecule has 1 unspecified atom stereocenters.